The van der Waals surface area contributed by atoms with Gasteiger partial charge in [-0.05, 0) is 30.9 Å². The van der Waals surface area contributed by atoms with Crippen molar-refractivity contribution in [3.63, 3.8) is 0 Å². The van der Waals surface area contributed by atoms with Crippen LogP contribution in [0.1, 0.15) is 37.2 Å². The second kappa shape index (κ2) is 6.39. The summed E-state index contributed by atoms with van der Waals surface area (Å²) < 4.78 is 0. The summed E-state index contributed by atoms with van der Waals surface area (Å²) in [6.07, 6.45) is 2.24. The van der Waals surface area contributed by atoms with E-state index in [1.807, 2.05) is 34.5 Å². The smallest absolute Gasteiger partial charge is 0.273 e. The number of nitrogens with zero attached hydrogens (tertiary/aromatic N) is 2. The Morgan fingerprint density at radius 1 is 1.36 bits per heavy atom. The number of amides is 1. The molecule has 0 spiro atoms. The number of thiazole rings is 1. The topological polar surface area (TPSA) is 33.2 Å². The molecule has 3 rings (SSSR count). The highest BCUT2D eigenvalue weighted by atomic mass is 35.5. The Hall–Kier alpha value is -1.39. The van der Waals surface area contributed by atoms with Crippen molar-refractivity contribution in [3.05, 3.63) is 40.4 Å². The second-order valence-electron chi connectivity index (χ2n) is 6.13. The third-order valence-electron chi connectivity index (χ3n) is 3.62. The van der Waals surface area contributed by atoms with E-state index in [9.17, 15) is 4.79 Å². The van der Waals surface area contributed by atoms with E-state index in [0.29, 0.717) is 22.7 Å². The third-order valence-corrected chi connectivity index (χ3v) is 4.77. The molecule has 0 radical (unpaired) electrons. The van der Waals surface area contributed by atoms with Crippen molar-refractivity contribution < 1.29 is 4.79 Å². The standard InChI is InChI=1S/C17H19ClN2OS/c1-11(2)9-20(14-7-8-14)17(21)15-10-22-16(19-15)12-3-5-13(18)6-4-12/h3-6,10-11,14H,7-9H2,1-2H3. The van der Waals surface area contributed by atoms with Crippen LogP contribution < -0.4 is 0 Å². The highest BCUT2D eigenvalue weighted by molar-refractivity contribution is 7.13. The molecule has 1 aromatic carbocycles. The van der Waals surface area contributed by atoms with Gasteiger partial charge in [-0.1, -0.05) is 37.6 Å². The average molecular weight is 335 g/mol. The lowest BCUT2D eigenvalue weighted by atomic mass is 10.2. The van der Waals surface area contributed by atoms with Crippen molar-refractivity contribution in [3.8, 4) is 10.6 Å². The van der Waals surface area contributed by atoms with Gasteiger partial charge in [0.15, 0.2) is 0 Å². The van der Waals surface area contributed by atoms with Crippen LogP contribution in [-0.4, -0.2) is 28.4 Å². The molecule has 1 saturated carbocycles. The number of halogens is 1. The van der Waals surface area contributed by atoms with E-state index in [-0.39, 0.29) is 5.91 Å². The molecule has 3 nitrogen and oxygen atoms in total. The normalized spacial score (nSPS) is 14.4. The Bertz CT molecular complexity index is 662. The molecular formula is C17H19ClN2OS. The van der Waals surface area contributed by atoms with E-state index in [0.717, 1.165) is 30.0 Å². The van der Waals surface area contributed by atoms with Gasteiger partial charge in [0.25, 0.3) is 5.91 Å². The number of carbonyl (C=O) groups is 1. The first-order valence-corrected chi connectivity index (χ1v) is 8.83. The molecule has 1 aromatic heterocycles. The third kappa shape index (κ3) is 3.50. The summed E-state index contributed by atoms with van der Waals surface area (Å²) >= 11 is 7.41. The molecule has 116 valence electrons. The van der Waals surface area contributed by atoms with Gasteiger partial charge < -0.3 is 4.90 Å². The summed E-state index contributed by atoms with van der Waals surface area (Å²) in [5.74, 6) is 0.534. The van der Waals surface area contributed by atoms with Gasteiger partial charge in [0.2, 0.25) is 0 Å². The van der Waals surface area contributed by atoms with Crippen LogP contribution in [0.25, 0.3) is 10.6 Å². The fourth-order valence-electron chi connectivity index (χ4n) is 2.42. The summed E-state index contributed by atoms with van der Waals surface area (Å²) in [6.45, 7) is 5.09. The van der Waals surface area contributed by atoms with Crippen LogP contribution in [0, 0.1) is 5.92 Å². The molecule has 1 fully saturated rings. The van der Waals surface area contributed by atoms with Crippen LogP contribution in [0.15, 0.2) is 29.6 Å². The fourth-order valence-corrected chi connectivity index (χ4v) is 3.35. The van der Waals surface area contributed by atoms with Gasteiger partial charge in [0.05, 0.1) is 0 Å². The SMILES string of the molecule is CC(C)CN(C(=O)c1csc(-c2ccc(Cl)cc2)n1)C1CC1. The Labute approximate surface area is 139 Å². The monoisotopic (exact) mass is 334 g/mol. The first kappa shape index (κ1) is 15.5. The second-order valence-corrected chi connectivity index (χ2v) is 7.42. The molecule has 0 bridgehead atoms. The minimum absolute atomic E-state index is 0.0627. The molecule has 0 aliphatic heterocycles. The van der Waals surface area contributed by atoms with E-state index in [1.165, 1.54) is 11.3 Å². The lowest BCUT2D eigenvalue weighted by molar-refractivity contribution is 0.0717. The highest BCUT2D eigenvalue weighted by Crippen LogP contribution is 2.30. The average Bonchev–Trinajstić information content (AvgIpc) is 3.21. The molecule has 0 atom stereocenters. The van der Waals surface area contributed by atoms with Crippen LogP contribution in [0.3, 0.4) is 0 Å². The lowest BCUT2D eigenvalue weighted by Gasteiger charge is -2.23. The lowest BCUT2D eigenvalue weighted by Crippen LogP contribution is -2.36. The molecule has 22 heavy (non-hydrogen) atoms. The zero-order valence-corrected chi connectivity index (χ0v) is 14.3. The summed E-state index contributed by atoms with van der Waals surface area (Å²) in [7, 11) is 0. The van der Waals surface area contributed by atoms with Crippen molar-refractivity contribution in [2.24, 2.45) is 5.92 Å². The van der Waals surface area contributed by atoms with Crippen molar-refractivity contribution in [1.82, 2.24) is 9.88 Å². The predicted molar refractivity (Wildman–Crippen MR) is 91.5 cm³/mol. The molecule has 1 heterocycles. The summed E-state index contributed by atoms with van der Waals surface area (Å²) in [5, 5.41) is 3.43. The number of rotatable bonds is 5. The van der Waals surface area contributed by atoms with E-state index in [1.54, 1.807) is 0 Å². The van der Waals surface area contributed by atoms with Crippen molar-refractivity contribution in [1.29, 1.82) is 0 Å². The minimum Gasteiger partial charge on any atom is -0.334 e. The molecule has 0 N–H and O–H groups in total. The van der Waals surface area contributed by atoms with E-state index < -0.39 is 0 Å². The number of carbonyl (C=O) groups excluding carboxylic acids is 1. The maximum absolute atomic E-state index is 12.7. The molecule has 1 amide bonds. The van der Waals surface area contributed by atoms with Crippen LogP contribution in [0.4, 0.5) is 0 Å². The van der Waals surface area contributed by atoms with Gasteiger partial charge in [-0.3, -0.25) is 4.79 Å². The molecule has 1 aliphatic carbocycles. The maximum Gasteiger partial charge on any atom is 0.273 e. The quantitative estimate of drug-likeness (QED) is 0.792. The van der Waals surface area contributed by atoms with Crippen molar-refractivity contribution in [2.75, 3.05) is 6.54 Å². The van der Waals surface area contributed by atoms with Crippen LogP contribution >= 0.6 is 22.9 Å². The van der Waals surface area contributed by atoms with E-state index >= 15 is 0 Å². The zero-order chi connectivity index (χ0) is 15.7. The molecule has 2 aromatic rings. The number of aromatic nitrogens is 1. The highest BCUT2D eigenvalue weighted by Gasteiger charge is 2.34. The minimum atomic E-state index is 0.0627. The van der Waals surface area contributed by atoms with Gasteiger partial charge >= 0.3 is 0 Å². The van der Waals surface area contributed by atoms with Gasteiger partial charge in [0.1, 0.15) is 10.7 Å². The zero-order valence-electron chi connectivity index (χ0n) is 12.8. The van der Waals surface area contributed by atoms with Crippen LogP contribution in [-0.2, 0) is 0 Å². The Kier molecular flexibility index (Phi) is 4.50. The number of benzene rings is 1. The van der Waals surface area contributed by atoms with Gasteiger partial charge in [0, 0.05) is 28.6 Å². The molecule has 1 aliphatic rings. The Morgan fingerprint density at radius 3 is 2.64 bits per heavy atom. The number of hydrogen-bond donors (Lipinski definition) is 0. The Morgan fingerprint density at radius 2 is 2.05 bits per heavy atom. The molecule has 0 saturated heterocycles. The molecule has 0 unspecified atom stereocenters. The van der Waals surface area contributed by atoms with Gasteiger partial charge in [-0.15, -0.1) is 11.3 Å². The summed E-state index contributed by atoms with van der Waals surface area (Å²) in [5.41, 5.74) is 1.55. The predicted octanol–water partition coefficient (Wildman–Crippen LogP) is 4.72. The van der Waals surface area contributed by atoms with Crippen molar-refractivity contribution in [2.45, 2.75) is 32.7 Å². The maximum atomic E-state index is 12.7. The van der Waals surface area contributed by atoms with Gasteiger partial charge in [-0.25, -0.2) is 4.98 Å². The van der Waals surface area contributed by atoms with E-state index in [2.05, 4.69) is 18.8 Å². The summed E-state index contributed by atoms with van der Waals surface area (Å²) in [4.78, 5) is 19.2. The summed E-state index contributed by atoms with van der Waals surface area (Å²) in [6, 6.07) is 7.96. The van der Waals surface area contributed by atoms with Crippen LogP contribution in [0.5, 0.6) is 0 Å². The van der Waals surface area contributed by atoms with Gasteiger partial charge in [-0.2, -0.15) is 0 Å². The largest absolute Gasteiger partial charge is 0.334 e. The molecular weight excluding hydrogens is 316 g/mol. The Balaban J connectivity index is 1.80. The number of hydrogen-bond acceptors (Lipinski definition) is 3. The first-order chi connectivity index (χ1) is 10.5. The van der Waals surface area contributed by atoms with Crippen LogP contribution in [0.2, 0.25) is 5.02 Å². The first-order valence-electron chi connectivity index (χ1n) is 7.57. The fraction of sp³-hybridized carbons (Fsp3) is 0.412. The molecule has 5 heteroatoms. The van der Waals surface area contributed by atoms with Crippen molar-refractivity contribution >= 4 is 28.8 Å². The van der Waals surface area contributed by atoms with E-state index in [4.69, 9.17) is 11.6 Å².